The van der Waals surface area contributed by atoms with E-state index in [0.29, 0.717) is 24.3 Å². The third-order valence-electron chi connectivity index (χ3n) is 7.77. The fourth-order valence-corrected chi connectivity index (χ4v) is 6.59. The highest BCUT2D eigenvalue weighted by Crippen LogP contribution is 2.66. The lowest BCUT2D eigenvalue weighted by Gasteiger charge is -2.42. The highest BCUT2D eigenvalue weighted by Gasteiger charge is 2.62. The van der Waals surface area contributed by atoms with Crippen LogP contribution < -0.4 is 5.32 Å². The molecular weight excluding hydrogens is 392 g/mol. The number of piperidine rings is 1. The fourth-order valence-electron chi connectivity index (χ4n) is 5.81. The SMILES string of the molecule is CNC(=O)C1(Cc2ccccc2-c2cccs2)CCCN(C(=O)C2CC23CCC3)C1. The van der Waals surface area contributed by atoms with Crippen molar-refractivity contribution in [3.05, 3.63) is 47.3 Å². The molecule has 1 aromatic carbocycles. The molecule has 5 rings (SSSR count). The monoisotopic (exact) mass is 422 g/mol. The first-order chi connectivity index (χ1) is 14.6. The number of carbonyl (C=O) groups is 2. The van der Waals surface area contributed by atoms with E-state index >= 15 is 0 Å². The van der Waals surface area contributed by atoms with Gasteiger partial charge >= 0.3 is 0 Å². The van der Waals surface area contributed by atoms with Crippen molar-refractivity contribution < 1.29 is 9.59 Å². The highest BCUT2D eigenvalue weighted by atomic mass is 32.1. The molecule has 2 saturated carbocycles. The molecule has 158 valence electrons. The van der Waals surface area contributed by atoms with E-state index in [-0.39, 0.29) is 11.8 Å². The summed E-state index contributed by atoms with van der Waals surface area (Å²) in [6.07, 6.45) is 7.14. The maximum absolute atomic E-state index is 13.3. The topological polar surface area (TPSA) is 49.4 Å². The van der Waals surface area contributed by atoms with Crippen molar-refractivity contribution in [2.75, 3.05) is 20.1 Å². The Bertz CT molecular complexity index is 950. The Hall–Kier alpha value is -2.14. The quantitative estimate of drug-likeness (QED) is 0.771. The summed E-state index contributed by atoms with van der Waals surface area (Å²) in [5, 5.41) is 5.01. The van der Waals surface area contributed by atoms with E-state index in [9.17, 15) is 9.59 Å². The molecule has 1 N–H and O–H groups in total. The van der Waals surface area contributed by atoms with Gasteiger partial charge in [-0.05, 0) is 66.5 Å². The van der Waals surface area contributed by atoms with Gasteiger partial charge in [0.2, 0.25) is 11.8 Å². The van der Waals surface area contributed by atoms with Gasteiger partial charge in [-0.25, -0.2) is 0 Å². The van der Waals surface area contributed by atoms with Gasteiger partial charge in [0, 0.05) is 30.9 Å². The number of nitrogens with one attached hydrogen (secondary N) is 1. The van der Waals surface area contributed by atoms with Gasteiger partial charge in [0.25, 0.3) is 0 Å². The Kier molecular flexibility index (Phi) is 4.97. The second-order valence-corrected chi connectivity index (χ2v) is 10.5. The summed E-state index contributed by atoms with van der Waals surface area (Å²) in [5.74, 6) is 0.578. The molecule has 2 aromatic rings. The Morgan fingerprint density at radius 1 is 1.13 bits per heavy atom. The highest BCUT2D eigenvalue weighted by molar-refractivity contribution is 7.13. The van der Waals surface area contributed by atoms with Crippen LogP contribution in [-0.4, -0.2) is 36.9 Å². The standard InChI is InChI=1S/C25H30N2O2S/c1-26-23(29)25(15-18-7-2-3-8-19(18)21-9-4-14-30-21)12-6-13-27(17-25)22(28)20-16-24(20)10-5-11-24/h2-4,7-9,14,20H,5-6,10-13,15-17H2,1H3,(H,26,29). The minimum absolute atomic E-state index is 0.0649. The summed E-state index contributed by atoms with van der Waals surface area (Å²) in [6, 6.07) is 12.6. The number of amides is 2. The first-order valence-corrected chi connectivity index (χ1v) is 12.1. The molecule has 1 aromatic heterocycles. The van der Waals surface area contributed by atoms with Crippen LogP contribution in [0.4, 0.5) is 0 Å². The Morgan fingerprint density at radius 3 is 2.63 bits per heavy atom. The summed E-state index contributed by atoms with van der Waals surface area (Å²) < 4.78 is 0. The van der Waals surface area contributed by atoms with E-state index in [1.54, 1.807) is 18.4 Å². The van der Waals surface area contributed by atoms with Crippen molar-refractivity contribution in [2.45, 2.75) is 44.9 Å². The first kappa shape index (κ1) is 19.8. The average molecular weight is 423 g/mol. The smallest absolute Gasteiger partial charge is 0.228 e. The molecule has 2 amide bonds. The zero-order valence-electron chi connectivity index (χ0n) is 17.7. The normalized spacial score (nSPS) is 26.8. The number of nitrogens with zero attached hydrogens (tertiary/aromatic N) is 1. The van der Waals surface area contributed by atoms with E-state index in [4.69, 9.17) is 0 Å². The van der Waals surface area contributed by atoms with E-state index in [2.05, 4.69) is 47.1 Å². The summed E-state index contributed by atoms with van der Waals surface area (Å²) in [4.78, 5) is 29.7. The van der Waals surface area contributed by atoms with Crippen LogP contribution in [0.3, 0.4) is 0 Å². The molecule has 4 nitrogen and oxygen atoms in total. The predicted octanol–water partition coefficient (Wildman–Crippen LogP) is 4.50. The number of benzene rings is 1. The lowest BCUT2D eigenvalue weighted by atomic mass is 9.73. The zero-order chi connectivity index (χ0) is 20.8. The maximum atomic E-state index is 13.3. The lowest BCUT2D eigenvalue weighted by Crippen LogP contribution is -2.54. The molecule has 5 heteroatoms. The van der Waals surface area contributed by atoms with Gasteiger partial charge in [-0.3, -0.25) is 9.59 Å². The second-order valence-electron chi connectivity index (χ2n) is 9.51. The minimum Gasteiger partial charge on any atom is -0.359 e. The number of hydrogen-bond donors (Lipinski definition) is 1. The molecule has 1 aliphatic heterocycles. The van der Waals surface area contributed by atoms with Crippen molar-refractivity contribution in [3.63, 3.8) is 0 Å². The lowest BCUT2D eigenvalue weighted by molar-refractivity contribution is -0.143. The Morgan fingerprint density at radius 2 is 1.97 bits per heavy atom. The van der Waals surface area contributed by atoms with E-state index < -0.39 is 5.41 Å². The first-order valence-electron chi connectivity index (χ1n) is 11.2. The summed E-state index contributed by atoms with van der Waals surface area (Å²) in [6.45, 7) is 1.33. The van der Waals surface area contributed by atoms with E-state index in [1.165, 1.54) is 35.3 Å². The minimum atomic E-state index is -0.558. The molecule has 2 heterocycles. The average Bonchev–Trinajstić information content (AvgIpc) is 3.31. The Balaban J connectivity index is 1.42. The van der Waals surface area contributed by atoms with Crippen LogP contribution in [0.2, 0.25) is 0 Å². The summed E-state index contributed by atoms with van der Waals surface area (Å²) >= 11 is 1.73. The molecular formula is C25H30N2O2S. The van der Waals surface area contributed by atoms with Crippen LogP contribution in [0.15, 0.2) is 41.8 Å². The molecule has 1 saturated heterocycles. The molecule has 2 unspecified atom stereocenters. The molecule has 3 fully saturated rings. The van der Waals surface area contributed by atoms with Crippen LogP contribution in [0, 0.1) is 16.7 Å². The number of hydrogen-bond acceptors (Lipinski definition) is 3. The zero-order valence-corrected chi connectivity index (χ0v) is 18.5. The van der Waals surface area contributed by atoms with Crippen LogP contribution in [-0.2, 0) is 16.0 Å². The molecule has 30 heavy (non-hydrogen) atoms. The van der Waals surface area contributed by atoms with Crippen LogP contribution in [0.1, 0.15) is 44.1 Å². The second kappa shape index (κ2) is 7.52. The molecule has 0 bridgehead atoms. The van der Waals surface area contributed by atoms with Crippen LogP contribution >= 0.6 is 11.3 Å². The van der Waals surface area contributed by atoms with Crippen LogP contribution in [0.25, 0.3) is 10.4 Å². The van der Waals surface area contributed by atoms with Crippen molar-refractivity contribution in [1.29, 1.82) is 0 Å². The summed E-state index contributed by atoms with van der Waals surface area (Å²) in [5.41, 5.74) is 2.17. The van der Waals surface area contributed by atoms with Gasteiger partial charge < -0.3 is 10.2 Å². The largest absolute Gasteiger partial charge is 0.359 e. The number of thiophene rings is 1. The molecule has 0 radical (unpaired) electrons. The molecule has 2 aliphatic carbocycles. The van der Waals surface area contributed by atoms with E-state index in [1.807, 2.05) is 4.90 Å². The van der Waals surface area contributed by atoms with Gasteiger partial charge in [-0.1, -0.05) is 36.8 Å². The van der Waals surface area contributed by atoms with Crippen molar-refractivity contribution in [2.24, 2.45) is 16.7 Å². The van der Waals surface area contributed by atoms with Crippen LogP contribution in [0.5, 0.6) is 0 Å². The van der Waals surface area contributed by atoms with Crippen molar-refractivity contribution >= 4 is 23.2 Å². The summed E-state index contributed by atoms with van der Waals surface area (Å²) in [7, 11) is 1.72. The molecule has 2 atom stereocenters. The fraction of sp³-hybridized carbons (Fsp3) is 0.520. The maximum Gasteiger partial charge on any atom is 0.228 e. The van der Waals surface area contributed by atoms with Gasteiger partial charge in [-0.15, -0.1) is 11.3 Å². The molecule has 1 spiro atoms. The van der Waals surface area contributed by atoms with Gasteiger partial charge in [0.1, 0.15) is 0 Å². The molecule has 3 aliphatic rings. The third-order valence-corrected chi connectivity index (χ3v) is 8.67. The third kappa shape index (κ3) is 3.27. The van der Waals surface area contributed by atoms with Crippen molar-refractivity contribution in [3.8, 4) is 10.4 Å². The van der Waals surface area contributed by atoms with E-state index in [0.717, 1.165) is 25.8 Å². The number of rotatable bonds is 5. The van der Waals surface area contributed by atoms with Gasteiger partial charge in [0.15, 0.2) is 0 Å². The number of carbonyl (C=O) groups excluding carboxylic acids is 2. The number of likely N-dealkylation sites (tertiary alicyclic amines) is 1. The predicted molar refractivity (Wildman–Crippen MR) is 120 cm³/mol. The van der Waals surface area contributed by atoms with Gasteiger partial charge in [0.05, 0.1) is 5.41 Å². The van der Waals surface area contributed by atoms with Gasteiger partial charge in [-0.2, -0.15) is 0 Å². The van der Waals surface area contributed by atoms with Crippen molar-refractivity contribution in [1.82, 2.24) is 10.2 Å². The Labute approximate surface area is 182 Å².